The van der Waals surface area contributed by atoms with Crippen molar-refractivity contribution in [1.29, 1.82) is 0 Å². The number of likely N-dealkylation sites (N-methyl/N-ethyl adjacent to an activating group) is 2. The number of nitrogens with zero attached hydrogens (tertiary/aromatic N) is 6. The number of hydrogen-bond donors (Lipinski definition) is 3. The summed E-state index contributed by atoms with van der Waals surface area (Å²) in [6.45, 7) is 4.10. The zero-order valence-corrected chi connectivity index (χ0v) is 22.0. The van der Waals surface area contributed by atoms with Crippen molar-refractivity contribution < 1.29 is 4.74 Å². The van der Waals surface area contributed by atoms with Gasteiger partial charge < -0.3 is 30.9 Å². The van der Waals surface area contributed by atoms with Gasteiger partial charge in [0.2, 0.25) is 0 Å². The van der Waals surface area contributed by atoms with Crippen molar-refractivity contribution in [2.75, 3.05) is 58.5 Å². The fourth-order valence-corrected chi connectivity index (χ4v) is 3.54. The van der Waals surface area contributed by atoms with Gasteiger partial charge in [0, 0.05) is 62.5 Å². The number of para-hydroxylation sites is 1. The van der Waals surface area contributed by atoms with Gasteiger partial charge in [0.25, 0.3) is 0 Å². The van der Waals surface area contributed by atoms with Gasteiger partial charge in [-0.25, -0.2) is 9.97 Å². The maximum Gasteiger partial charge on any atom is 0.135 e. The van der Waals surface area contributed by atoms with Crippen LogP contribution in [0.1, 0.15) is 6.92 Å². The number of anilines is 3. The second kappa shape index (κ2) is 12.6. The van der Waals surface area contributed by atoms with Crippen LogP contribution in [0.25, 0.3) is 11.3 Å². The number of methoxy groups -OCH3 is 1. The molecule has 0 unspecified atom stereocenters. The summed E-state index contributed by atoms with van der Waals surface area (Å²) in [6, 6.07) is 11.8. The Bertz CT molecular complexity index is 1200. The number of aromatic nitrogens is 4. The van der Waals surface area contributed by atoms with Crippen molar-refractivity contribution >= 4 is 17.3 Å². The number of nitrogens with two attached hydrogens (primary N) is 1. The first-order valence-electron chi connectivity index (χ1n) is 11.8. The van der Waals surface area contributed by atoms with E-state index in [0.29, 0.717) is 18.2 Å². The zero-order chi connectivity index (χ0) is 26.1. The van der Waals surface area contributed by atoms with E-state index < -0.39 is 0 Å². The largest absolute Gasteiger partial charge is 0.499 e. The summed E-state index contributed by atoms with van der Waals surface area (Å²) in [7, 11) is 9.68. The number of aryl methyl sites for hydroxylation is 1. The Kier molecular flexibility index (Phi) is 9.29. The Morgan fingerprint density at radius 3 is 2.53 bits per heavy atom. The predicted molar refractivity (Wildman–Crippen MR) is 146 cm³/mol. The number of rotatable bonds is 12. The van der Waals surface area contributed by atoms with Gasteiger partial charge >= 0.3 is 0 Å². The maximum absolute atomic E-state index is 6.17. The maximum atomic E-state index is 6.17. The molecule has 192 valence electrons. The van der Waals surface area contributed by atoms with E-state index in [2.05, 4.69) is 49.6 Å². The summed E-state index contributed by atoms with van der Waals surface area (Å²) in [6.07, 6.45) is 5.41. The SMILES string of the molecule is CO/C(=C/C(=C(\C)N)N(C)CCN(C)C)CNc1cc(Nc2ccccc2-c2ccn(C)n2)ncn1. The normalized spacial score (nSPS) is 12.4. The Hall–Kier alpha value is -4.05. The molecule has 2 aromatic heterocycles. The van der Waals surface area contributed by atoms with Crippen LogP contribution in [-0.4, -0.2) is 77.4 Å². The van der Waals surface area contributed by atoms with Crippen molar-refractivity contribution in [3.8, 4) is 11.3 Å². The second-order valence-corrected chi connectivity index (χ2v) is 8.80. The minimum Gasteiger partial charge on any atom is -0.499 e. The van der Waals surface area contributed by atoms with Gasteiger partial charge in [-0.15, -0.1) is 0 Å². The fourth-order valence-electron chi connectivity index (χ4n) is 3.54. The molecule has 0 radical (unpaired) electrons. The quantitative estimate of drug-likeness (QED) is 0.260. The minimum absolute atomic E-state index is 0.440. The molecule has 0 fully saturated rings. The summed E-state index contributed by atoms with van der Waals surface area (Å²) in [4.78, 5) is 13.0. The van der Waals surface area contributed by atoms with Crippen molar-refractivity contribution in [1.82, 2.24) is 29.5 Å². The third-order valence-corrected chi connectivity index (χ3v) is 5.55. The van der Waals surface area contributed by atoms with Crippen LogP contribution in [-0.2, 0) is 11.8 Å². The molecule has 2 heterocycles. The lowest BCUT2D eigenvalue weighted by atomic mass is 10.1. The Morgan fingerprint density at radius 2 is 1.86 bits per heavy atom. The van der Waals surface area contributed by atoms with E-state index in [1.807, 2.05) is 69.7 Å². The molecule has 0 atom stereocenters. The highest BCUT2D eigenvalue weighted by molar-refractivity contribution is 5.78. The third kappa shape index (κ3) is 7.47. The molecule has 0 aliphatic rings. The Balaban J connectivity index is 1.71. The molecule has 0 amide bonds. The molecule has 3 aromatic rings. The van der Waals surface area contributed by atoms with Crippen LogP contribution in [0.2, 0.25) is 0 Å². The van der Waals surface area contributed by atoms with Crippen LogP contribution in [0.4, 0.5) is 17.3 Å². The van der Waals surface area contributed by atoms with Crippen molar-refractivity contribution in [3.63, 3.8) is 0 Å². The molecule has 0 spiro atoms. The number of hydrogen-bond acceptors (Lipinski definition) is 9. The zero-order valence-electron chi connectivity index (χ0n) is 22.0. The van der Waals surface area contributed by atoms with Crippen molar-refractivity contribution in [3.05, 3.63) is 72.2 Å². The van der Waals surface area contributed by atoms with E-state index in [1.165, 1.54) is 6.33 Å². The van der Waals surface area contributed by atoms with Gasteiger partial charge in [-0.05, 0) is 33.2 Å². The van der Waals surface area contributed by atoms with E-state index in [-0.39, 0.29) is 0 Å². The summed E-state index contributed by atoms with van der Waals surface area (Å²) in [5.74, 6) is 2.07. The van der Waals surface area contributed by atoms with Crippen LogP contribution in [0.3, 0.4) is 0 Å². The number of ether oxygens (including phenoxy) is 1. The topological polar surface area (TPSA) is 109 Å². The Morgan fingerprint density at radius 1 is 1.11 bits per heavy atom. The molecule has 0 saturated heterocycles. The van der Waals surface area contributed by atoms with Gasteiger partial charge in [0.05, 0.1) is 25.0 Å². The summed E-state index contributed by atoms with van der Waals surface area (Å²) < 4.78 is 7.41. The average molecular weight is 492 g/mol. The lowest BCUT2D eigenvalue weighted by Gasteiger charge is -2.24. The summed E-state index contributed by atoms with van der Waals surface area (Å²) >= 11 is 0. The molecule has 0 aliphatic heterocycles. The lowest BCUT2D eigenvalue weighted by Crippen LogP contribution is -2.29. The molecule has 10 nitrogen and oxygen atoms in total. The molecule has 0 bridgehead atoms. The monoisotopic (exact) mass is 491 g/mol. The van der Waals surface area contributed by atoms with Crippen LogP contribution in [0.15, 0.2) is 72.2 Å². The van der Waals surface area contributed by atoms with E-state index in [1.54, 1.807) is 11.8 Å². The average Bonchev–Trinajstić information content (AvgIpc) is 3.29. The first kappa shape index (κ1) is 26.6. The van der Waals surface area contributed by atoms with E-state index in [4.69, 9.17) is 10.5 Å². The van der Waals surface area contributed by atoms with E-state index in [9.17, 15) is 0 Å². The summed E-state index contributed by atoms with van der Waals surface area (Å²) in [5.41, 5.74) is 10.6. The van der Waals surface area contributed by atoms with Crippen LogP contribution < -0.4 is 16.4 Å². The highest BCUT2D eigenvalue weighted by atomic mass is 16.5. The third-order valence-electron chi connectivity index (χ3n) is 5.55. The van der Waals surface area contributed by atoms with Crippen molar-refractivity contribution in [2.45, 2.75) is 6.92 Å². The van der Waals surface area contributed by atoms with Gasteiger partial charge in [-0.3, -0.25) is 4.68 Å². The van der Waals surface area contributed by atoms with Crippen LogP contribution in [0.5, 0.6) is 0 Å². The molecule has 36 heavy (non-hydrogen) atoms. The van der Waals surface area contributed by atoms with Gasteiger partial charge in [-0.1, -0.05) is 18.2 Å². The molecular formula is C26H37N9O. The Labute approximate surface area is 213 Å². The molecule has 3 rings (SSSR count). The minimum atomic E-state index is 0.440. The number of nitrogens with one attached hydrogen (secondary N) is 2. The van der Waals surface area contributed by atoms with Crippen LogP contribution >= 0.6 is 0 Å². The predicted octanol–water partition coefficient (Wildman–Crippen LogP) is 3.25. The first-order valence-corrected chi connectivity index (χ1v) is 11.8. The van der Waals surface area contributed by atoms with E-state index >= 15 is 0 Å². The smallest absolute Gasteiger partial charge is 0.135 e. The van der Waals surface area contributed by atoms with E-state index in [0.717, 1.165) is 47.2 Å². The molecular weight excluding hydrogens is 454 g/mol. The van der Waals surface area contributed by atoms with Gasteiger partial charge in [-0.2, -0.15) is 5.10 Å². The van der Waals surface area contributed by atoms with Crippen LogP contribution in [0, 0.1) is 0 Å². The summed E-state index contributed by atoms with van der Waals surface area (Å²) in [5, 5.41) is 11.2. The fraction of sp³-hybridized carbons (Fsp3) is 0.346. The van der Waals surface area contributed by atoms with Gasteiger partial charge in [0.1, 0.15) is 23.7 Å². The molecule has 0 aliphatic carbocycles. The standard InChI is InChI=1S/C26H37N9O/c1-19(27)24(34(4)14-13-33(2)3)15-20(36-6)17-28-25-16-26(30-18-29-25)31-22-10-8-7-9-21(22)23-11-12-35(5)32-23/h7-12,15-16,18H,13-14,17,27H2,1-6H3,(H2,28,29,30,31)/b20-15+,24-19-. The first-order chi connectivity index (χ1) is 17.3. The highest BCUT2D eigenvalue weighted by Crippen LogP contribution is 2.28. The molecule has 1 aromatic carbocycles. The lowest BCUT2D eigenvalue weighted by molar-refractivity contribution is 0.284. The molecule has 10 heteroatoms. The van der Waals surface area contributed by atoms with Gasteiger partial charge in [0.15, 0.2) is 0 Å². The molecule has 4 N–H and O–H groups in total. The number of allylic oxidation sites excluding steroid dienone is 2. The highest BCUT2D eigenvalue weighted by Gasteiger charge is 2.10. The number of benzene rings is 1. The van der Waals surface area contributed by atoms with Crippen molar-refractivity contribution in [2.24, 2.45) is 12.8 Å². The molecule has 0 saturated carbocycles. The second-order valence-electron chi connectivity index (χ2n) is 8.80.